The Hall–Kier alpha value is -5.58. The molecule has 0 bridgehead atoms. The van der Waals surface area contributed by atoms with Crippen molar-refractivity contribution in [2.45, 2.75) is 19.3 Å². The molecular formula is C43H31N3S. The van der Waals surface area contributed by atoms with Gasteiger partial charge in [-0.15, -0.1) is 11.3 Å². The highest BCUT2D eigenvalue weighted by molar-refractivity contribution is 7.25. The second-order valence-electron chi connectivity index (χ2n) is 12.7. The highest BCUT2D eigenvalue weighted by Crippen LogP contribution is 2.54. The van der Waals surface area contributed by atoms with Gasteiger partial charge < -0.3 is 4.90 Å². The smallest absolute Gasteiger partial charge is 0.160 e. The molecule has 3 nitrogen and oxygen atoms in total. The Kier molecular flexibility index (Phi) is 6.34. The van der Waals surface area contributed by atoms with Gasteiger partial charge in [0.15, 0.2) is 5.82 Å². The molecule has 0 N–H and O–H groups in total. The standard InChI is InChI=1S/C43H31N3S/c1-43(2)34-18-10-11-19-38(34)46(39-27-41-33(25-35(39)43)32-17-9-12-20-40(32)47-41)31-23-21-30(22-24-31)42-44-36(28-13-5-3-6-14-28)26-37(45-42)29-15-7-4-8-16-29/h3-27H,1-2H3. The number of hydrogen-bond donors (Lipinski definition) is 0. The summed E-state index contributed by atoms with van der Waals surface area (Å²) in [5, 5.41) is 2.66. The lowest BCUT2D eigenvalue weighted by Crippen LogP contribution is -2.30. The van der Waals surface area contributed by atoms with Crippen LogP contribution in [0.5, 0.6) is 0 Å². The summed E-state index contributed by atoms with van der Waals surface area (Å²) in [5.74, 6) is 0.712. The predicted octanol–water partition coefficient (Wildman–Crippen LogP) is 12.0. The maximum absolute atomic E-state index is 5.06. The Labute approximate surface area is 278 Å². The lowest BCUT2D eigenvalue weighted by Gasteiger charge is -2.42. The van der Waals surface area contributed by atoms with Crippen molar-refractivity contribution < 1.29 is 0 Å². The van der Waals surface area contributed by atoms with E-state index < -0.39 is 0 Å². The number of rotatable bonds is 4. The molecule has 1 aliphatic rings. The number of aromatic nitrogens is 2. The normalized spacial score (nSPS) is 13.4. The number of benzene rings is 6. The third-order valence-electron chi connectivity index (χ3n) is 9.48. The van der Waals surface area contributed by atoms with Crippen LogP contribution in [0.15, 0.2) is 152 Å². The van der Waals surface area contributed by atoms with Crippen LogP contribution in [0.3, 0.4) is 0 Å². The Morgan fingerprint density at radius 1 is 0.489 bits per heavy atom. The van der Waals surface area contributed by atoms with Gasteiger partial charge in [-0.2, -0.15) is 0 Å². The average molecular weight is 622 g/mol. The number of nitrogens with zero attached hydrogens (tertiary/aromatic N) is 3. The molecule has 0 saturated heterocycles. The number of hydrogen-bond acceptors (Lipinski definition) is 4. The molecule has 1 aliphatic heterocycles. The van der Waals surface area contributed by atoms with Crippen LogP contribution >= 0.6 is 11.3 Å². The minimum atomic E-state index is -0.154. The number of para-hydroxylation sites is 1. The zero-order chi connectivity index (χ0) is 31.5. The van der Waals surface area contributed by atoms with Gasteiger partial charge in [0.2, 0.25) is 0 Å². The van der Waals surface area contributed by atoms with E-state index in [1.807, 2.05) is 23.5 Å². The molecule has 0 aliphatic carbocycles. The molecule has 224 valence electrons. The van der Waals surface area contributed by atoms with Crippen LogP contribution in [-0.4, -0.2) is 9.97 Å². The summed E-state index contributed by atoms with van der Waals surface area (Å²) in [6, 6.07) is 53.9. The first-order valence-corrected chi connectivity index (χ1v) is 16.8. The van der Waals surface area contributed by atoms with E-state index in [-0.39, 0.29) is 5.41 Å². The number of anilines is 3. The molecule has 47 heavy (non-hydrogen) atoms. The second kappa shape index (κ2) is 10.8. The quantitative estimate of drug-likeness (QED) is 0.196. The summed E-state index contributed by atoms with van der Waals surface area (Å²) >= 11 is 1.87. The van der Waals surface area contributed by atoms with Gasteiger partial charge in [-0.1, -0.05) is 111 Å². The van der Waals surface area contributed by atoms with E-state index in [0.29, 0.717) is 5.82 Å². The van der Waals surface area contributed by atoms with Crippen LogP contribution in [0.1, 0.15) is 25.0 Å². The minimum absolute atomic E-state index is 0.154. The summed E-state index contributed by atoms with van der Waals surface area (Å²) in [5.41, 5.74) is 11.0. The van der Waals surface area contributed by atoms with Crippen LogP contribution in [0, 0.1) is 0 Å². The van der Waals surface area contributed by atoms with Crippen LogP contribution in [-0.2, 0) is 5.41 Å². The fourth-order valence-corrected chi connectivity index (χ4v) is 8.17. The Morgan fingerprint density at radius 2 is 1.11 bits per heavy atom. The monoisotopic (exact) mass is 621 g/mol. The van der Waals surface area contributed by atoms with Gasteiger partial charge in [-0.25, -0.2) is 9.97 Å². The summed E-state index contributed by atoms with van der Waals surface area (Å²) in [7, 11) is 0. The van der Waals surface area contributed by atoms with Gasteiger partial charge in [0.25, 0.3) is 0 Å². The molecule has 0 fully saturated rings. The fourth-order valence-electron chi connectivity index (χ4n) is 7.05. The van der Waals surface area contributed by atoms with Crippen molar-refractivity contribution in [1.82, 2.24) is 9.97 Å². The summed E-state index contributed by atoms with van der Waals surface area (Å²) in [4.78, 5) is 12.6. The molecule has 2 aromatic heterocycles. The van der Waals surface area contributed by atoms with E-state index in [2.05, 4.69) is 158 Å². The van der Waals surface area contributed by atoms with E-state index in [9.17, 15) is 0 Å². The highest BCUT2D eigenvalue weighted by Gasteiger charge is 2.37. The lowest BCUT2D eigenvalue weighted by atomic mass is 9.73. The first kappa shape index (κ1) is 27.7. The van der Waals surface area contributed by atoms with E-state index >= 15 is 0 Å². The molecule has 3 heterocycles. The lowest BCUT2D eigenvalue weighted by molar-refractivity contribution is 0.633. The summed E-state index contributed by atoms with van der Waals surface area (Å²) in [6.45, 7) is 4.71. The van der Waals surface area contributed by atoms with Crippen LogP contribution < -0.4 is 4.90 Å². The average Bonchev–Trinajstić information content (AvgIpc) is 3.50. The van der Waals surface area contributed by atoms with Crippen LogP contribution in [0.25, 0.3) is 54.1 Å². The number of thiophene rings is 1. The summed E-state index contributed by atoms with van der Waals surface area (Å²) < 4.78 is 2.63. The third-order valence-corrected chi connectivity index (χ3v) is 10.6. The van der Waals surface area contributed by atoms with Gasteiger partial charge >= 0.3 is 0 Å². The van der Waals surface area contributed by atoms with Gasteiger partial charge in [-0.05, 0) is 65.7 Å². The van der Waals surface area contributed by atoms with E-state index in [1.165, 1.54) is 42.7 Å². The molecule has 0 radical (unpaired) electrons. The van der Waals surface area contributed by atoms with Crippen molar-refractivity contribution in [1.29, 1.82) is 0 Å². The van der Waals surface area contributed by atoms with Gasteiger partial charge in [0, 0.05) is 48.0 Å². The van der Waals surface area contributed by atoms with Crippen LogP contribution in [0.4, 0.5) is 17.1 Å². The van der Waals surface area contributed by atoms with Crippen molar-refractivity contribution in [3.63, 3.8) is 0 Å². The fraction of sp³-hybridized carbons (Fsp3) is 0.0698. The molecule has 0 saturated carbocycles. The largest absolute Gasteiger partial charge is 0.310 e. The first-order valence-electron chi connectivity index (χ1n) is 16.0. The summed E-state index contributed by atoms with van der Waals surface area (Å²) in [6.07, 6.45) is 0. The second-order valence-corrected chi connectivity index (χ2v) is 13.8. The van der Waals surface area contributed by atoms with Crippen molar-refractivity contribution in [3.8, 4) is 33.9 Å². The highest BCUT2D eigenvalue weighted by atomic mass is 32.1. The first-order chi connectivity index (χ1) is 23.0. The molecular weight excluding hydrogens is 591 g/mol. The van der Waals surface area contributed by atoms with Crippen molar-refractivity contribution in [2.24, 2.45) is 0 Å². The zero-order valence-electron chi connectivity index (χ0n) is 26.2. The van der Waals surface area contributed by atoms with Gasteiger partial charge in [0.1, 0.15) is 0 Å². The maximum Gasteiger partial charge on any atom is 0.160 e. The Bertz CT molecular complexity index is 2370. The van der Waals surface area contributed by atoms with E-state index in [4.69, 9.17) is 9.97 Å². The molecule has 9 rings (SSSR count). The molecule has 6 aromatic carbocycles. The zero-order valence-corrected chi connectivity index (χ0v) is 27.0. The minimum Gasteiger partial charge on any atom is -0.310 e. The van der Waals surface area contributed by atoms with Crippen LogP contribution in [0.2, 0.25) is 0 Å². The molecule has 0 spiro atoms. The van der Waals surface area contributed by atoms with Gasteiger partial charge in [0.05, 0.1) is 22.8 Å². The molecule has 4 heteroatoms. The Morgan fingerprint density at radius 3 is 1.81 bits per heavy atom. The van der Waals surface area contributed by atoms with Gasteiger partial charge in [-0.3, -0.25) is 0 Å². The molecule has 0 unspecified atom stereocenters. The van der Waals surface area contributed by atoms with Crippen molar-refractivity contribution in [2.75, 3.05) is 4.90 Å². The maximum atomic E-state index is 5.06. The van der Waals surface area contributed by atoms with Crippen molar-refractivity contribution >= 4 is 48.6 Å². The Balaban J connectivity index is 1.19. The van der Waals surface area contributed by atoms with E-state index in [0.717, 1.165) is 33.8 Å². The SMILES string of the molecule is CC1(C)c2ccccc2N(c2ccc(-c3nc(-c4ccccc4)cc(-c4ccccc4)n3)cc2)c2cc3sc4ccccc4c3cc21. The number of fused-ring (bicyclic) bond motifs is 5. The topological polar surface area (TPSA) is 29.0 Å². The van der Waals surface area contributed by atoms with Crippen molar-refractivity contribution in [3.05, 3.63) is 163 Å². The predicted molar refractivity (Wildman–Crippen MR) is 198 cm³/mol. The molecule has 0 amide bonds. The molecule has 8 aromatic rings. The van der Waals surface area contributed by atoms with E-state index in [1.54, 1.807) is 0 Å². The molecule has 0 atom stereocenters. The third kappa shape index (κ3) is 4.56.